The average molecular weight is 383 g/mol. The molecule has 134 valence electrons. The highest BCUT2D eigenvalue weighted by Gasteiger charge is 2.22. The van der Waals surface area contributed by atoms with Crippen LogP contribution in [0.15, 0.2) is 64.6 Å². The summed E-state index contributed by atoms with van der Waals surface area (Å²) in [6.07, 6.45) is 1.63. The van der Waals surface area contributed by atoms with E-state index < -0.39 is 23.1 Å². The van der Waals surface area contributed by atoms with Gasteiger partial charge in [0.25, 0.3) is 11.8 Å². The number of aromatic nitrogens is 1. The molecule has 8 heteroatoms. The van der Waals surface area contributed by atoms with Crippen LogP contribution in [-0.2, 0) is 0 Å². The third-order valence-electron chi connectivity index (χ3n) is 3.90. The second kappa shape index (κ2) is 6.81. The summed E-state index contributed by atoms with van der Waals surface area (Å²) in [5, 5.41) is 5.83. The number of amides is 2. The van der Waals surface area contributed by atoms with Crippen LogP contribution in [0.3, 0.4) is 0 Å². The Morgan fingerprint density at radius 3 is 2.63 bits per heavy atom. The maximum absolute atomic E-state index is 13.8. The van der Waals surface area contributed by atoms with Crippen molar-refractivity contribution in [3.05, 3.63) is 77.5 Å². The lowest BCUT2D eigenvalue weighted by Crippen LogP contribution is -2.17. The maximum atomic E-state index is 13.8. The Labute approximate surface area is 156 Å². The van der Waals surface area contributed by atoms with Gasteiger partial charge in [0, 0.05) is 16.8 Å². The number of halogens is 2. The van der Waals surface area contributed by atoms with Crippen LogP contribution in [0.2, 0.25) is 0 Å². The molecule has 0 bridgehead atoms. The van der Waals surface area contributed by atoms with Gasteiger partial charge in [-0.2, -0.15) is 0 Å². The minimum absolute atomic E-state index is 0.246. The lowest BCUT2D eigenvalue weighted by Gasteiger charge is -2.10. The van der Waals surface area contributed by atoms with Gasteiger partial charge in [-0.05, 0) is 42.5 Å². The monoisotopic (exact) mass is 383 g/mol. The van der Waals surface area contributed by atoms with Crippen LogP contribution in [0.5, 0.6) is 0 Å². The van der Waals surface area contributed by atoms with Crippen molar-refractivity contribution in [1.29, 1.82) is 0 Å². The Hall–Kier alpha value is -3.26. The van der Waals surface area contributed by atoms with Crippen LogP contribution in [0.4, 0.5) is 20.2 Å². The van der Waals surface area contributed by atoms with Crippen molar-refractivity contribution in [2.75, 3.05) is 10.6 Å². The molecule has 0 atom stereocenters. The van der Waals surface area contributed by atoms with E-state index in [9.17, 15) is 18.4 Å². The number of hydrogen-bond donors (Lipinski definition) is 2. The van der Waals surface area contributed by atoms with Crippen molar-refractivity contribution >= 4 is 35.0 Å². The fourth-order valence-electron chi connectivity index (χ4n) is 2.64. The van der Waals surface area contributed by atoms with E-state index in [0.717, 1.165) is 12.1 Å². The average Bonchev–Trinajstić information content (AvgIpc) is 2.77. The largest absolute Gasteiger partial charge is 0.322 e. The van der Waals surface area contributed by atoms with Crippen LogP contribution in [0.1, 0.15) is 20.7 Å². The third-order valence-corrected chi connectivity index (χ3v) is 4.99. The molecular formula is C19H11F2N3O2S. The van der Waals surface area contributed by atoms with Crippen molar-refractivity contribution in [3.8, 4) is 0 Å². The maximum Gasteiger partial charge on any atom is 0.261 e. The van der Waals surface area contributed by atoms with E-state index in [1.54, 1.807) is 30.5 Å². The molecule has 4 rings (SSSR count). The molecule has 0 unspecified atom stereocenters. The summed E-state index contributed by atoms with van der Waals surface area (Å²) in [5.41, 5.74) is 0.478. The molecule has 0 saturated carbocycles. The first-order valence-corrected chi connectivity index (χ1v) is 8.68. The highest BCUT2D eigenvalue weighted by molar-refractivity contribution is 7.99. The number of fused-ring (bicyclic) bond motifs is 2. The number of benzene rings is 2. The predicted octanol–water partition coefficient (Wildman–Crippen LogP) is 4.33. The van der Waals surface area contributed by atoms with E-state index in [0.29, 0.717) is 21.2 Å². The van der Waals surface area contributed by atoms with Gasteiger partial charge in [0.2, 0.25) is 0 Å². The first-order chi connectivity index (χ1) is 13.0. The summed E-state index contributed by atoms with van der Waals surface area (Å²) < 4.78 is 27.5. The molecule has 0 radical (unpaired) electrons. The Morgan fingerprint density at radius 2 is 1.85 bits per heavy atom. The molecule has 2 N–H and O–H groups in total. The zero-order valence-corrected chi connectivity index (χ0v) is 14.4. The number of rotatable bonds is 2. The van der Waals surface area contributed by atoms with Gasteiger partial charge >= 0.3 is 0 Å². The van der Waals surface area contributed by atoms with Crippen molar-refractivity contribution < 1.29 is 18.4 Å². The first-order valence-electron chi connectivity index (χ1n) is 7.86. The molecule has 0 spiro atoms. The standard InChI is InChI=1S/C19H11F2N3O2S/c20-12-3-1-4-13(21)16(12)18(26)23-10-6-7-15-11(9-10)17(25)24-14-5-2-8-22-19(14)27-15/h1-9H,(H,23,26)(H,24,25). The van der Waals surface area contributed by atoms with Crippen LogP contribution in [0, 0.1) is 11.6 Å². The Morgan fingerprint density at radius 1 is 1.07 bits per heavy atom. The Kier molecular flexibility index (Phi) is 4.33. The molecular weight excluding hydrogens is 372 g/mol. The molecule has 1 aliphatic heterocycles. The molecule has 1 aliphatic rings. The number of hydrogen-bond acceptors (Lipinski definition) is 4. The van der Waals surface area contributed by atoms with Gasteiger partial charge in [0.05, 0.1) is 11.3 Å². The molecule has 0 aliphatic carbocycles. The van der Waals surface area contributed by atoms with Crippen molar-refractivity contribution in [2.45, 2.75) is 9.92 Å². The molecule has 2 aromatic carbocycles. The van der Waals surface area contributed by atoms with E-state index in [-0.39, 0.29) is 11.6 Å². The molecule has 2 heterocycles. The van der Waals surface area contributed by atoms with Crippen LogP contribution >= 0.6 is 11.8 Å². The predicted molar refractivity (Wildman–Crippen MR) is 97.1 cm³/mol. The second-order valence-electron chi connectivity index (χ2n) is 5.67. The molecule has 0 fully saturated rings. The van der Waals surface area contributed by atoms with Crippen molar-refractivity contribution in [3.63, 3.8) is 0 Å². The molecule has 3 aromatic rings. The van der Waals surface area contributed by atoms with Gasteiger partial charge < -0.3 is 10.6 Å². The Balaban J connectivity index is 1.65. The first kappa shape index (κ1) is 17.2. The number of carbonyl (C=O) groups is 2. The fourth-order valence-corrected chi connectivity index (χ4v) is 3.59. The van der Waals surface area contributed by atoms with Crippen LogP contribution < -0.4 is 10.6 Å². The van der Waals surface area contributed by atoms with Crippen LogP contribution in [0.25, 0.3) is 0 Å². The van der Waals surface area contributed by atoms with E-state index in [1.807, 2.05) is 0 Å². The topological polar surface area (TPSA) is 71.1 Å². The van der Waals surface area contributed by atoms with Crippen LogP contribution in [-0.4, -0.2) is 16.8 Å². The molecule has 1 aromatic heterocycles. The zero-order valence-electron chi connectivity index (χ0n) is 13.6. The Bertz CT molecular complexity index is 1070. The van der Waals surface area contributed by atoms with E-state index in [4.69, 9.17) is 0 Å². The minimum atomic E-state index is -0.961. The number of carbonyl (C=O) groups excluding carboxylic acids is 2. The van der Waals surface area contributed by atoms with Crippen molar-refractivity contribution in [1.82, 2.24) is 4.98 Å². The van der Waals surface area contributed by atoms with Gasteiger partial charge in [-0.15, -0.1) is 0 Å². The minimum Gasteiger partial charge on any atom is -0.322 e. The number of pyridine rings is 1. The summed E-state index contributed by atoms with van der Waals surface area (Å²) >= 11 is 1.31. The van der Waals surface area contributed by atoms with Gasteiger partial charge in [-0.3, -0.25) is 9.59 Å². The summed E-state index contributed by atoms with van der Waals surface area (Å²) in [7, 11) is 0. The summed E-state index contributed by atoms with van der Waals surface area (Å²) in [4.78, 5) is 29.6. The van der Waals surface area contributed by atoms with Gasteiger partial charge in [0.15, 0.2) is 0 Å². The lowest BCUT2D eigenvalue weighted by atomic mass is 10.1. The number of nitrogens with one attached hydrogen (secondary N) is 2. The van der Waals surface area contributed by atoms with Gasteiger partial charge in [-0.25, -0.2) is 13.8 Å². The highest BCUT2D eigenvalue weighted by Crippen LogP contribution is 2.38. The number of anilines is 2. The molecule has 5 nitrogen and oxygen atoms in total. The van der Waals surface area contributed by atoms with Crippen molar-refractivity contribution in [2.24, 2.45) is 0 Å². The smallest absolute Gasteiger partial charge is 0.261 e. The molecule has 2 amide bonds. The normalized spacial score (nSPS) is 12.4. The summed E-state index contributed by atoms with van der Waals surface area (Å²) in [6.45, 7) is 0. The fraction of sp³-hybridized carbons (Fsp3) is 0. The van der Waals surface area contributed by atoms with Gasteiger partial charge in [-0.1, -0.05) is 17.8 Å². The third kappa shape index (κ3) is 3.26. The molecule has 27 heavy (non-hydrogen) atoms. The zero-order chi connectivity index (χ0) is 19.0. The lowest BCUT2D eigenvalue weighted by molar-refractivity contribution is 0.101. The SMILES string of the molecule is O=C1Nc2cccnc2Sc2ccc(NC(=O)c3c(F)cccc3F)cc21. The quantitative estimate of drug-likeness (QED) is 0.691. The van der Waals surface area contributed by atoms with E-state index in [2.05, 4.69) is 15.6 Å². The highest BCUT2D eigenvalue weighted by atomic mass is 32.2. The van der Waals surface area contributed by atoms with E-state index >= 15 is 0 Å². The molecule has 0 saturated heterocycles. The van der Waals surface area contributed by atoms with Gasteiger partial charge in [0.1, 0.15) is 22.2 Å². The summed E-state index contributed by atoms with van der Waals surface area (Å²) in [5.74, 6) is -3.22. The summed E-state index contributed by atoms with van der Waals surface area (Å²) in [6, 6.07) is 11.3. The number of nitrogens with zero attached hydrogens (tertiary/aromatic N) is 1. The van der Waals surface area contributed by atoms with E-state index in [1.165, 1.54) is 23.9 Å². The second-order valence-corrected chi connectivity index (χ2v) is 6.70.